The molecule has 0 aliphatic heterocycles. The van der Waals surface area contributed by atoms with Crippen molar-refractivity contribution in [3.8, 4) is 0 Å². The summed E-state index contributed by atoms with van der Waals surface area (Å²) in [5, 5.41) is 6.82. The zero-order valence-electron chi connectivity index (χ0n) is 12.4. The van der Waals surface area contributed by atoms with Crippen molar-refractivity contribution >= 4 is 9.84 Å². The molecule has 116 valence electrons. The molecule has 0 N–H and O–H groups in total. The highest BCUT2D eigenvalue weighted by atomic mass is 32.2. The van der Waals surface area contributed by atoms with Gasteiger partial charge in [0.2, 0.25) is 0 Å². The Morgan fingerprint density at radius 1 is 0.950 bits per heavy atom. The predicted molar refractivity (Wildman–Crippen MR) is 79.2 cm³/mol. The van der Waals surface area contributed by atoms with Crippen LogP contribution < -0.4 is 4.98 Å². The highest BCUT2D eigenvalue weighted by Gasteiger charge is 2.11. The molecule has 0 saturated heterocycles. The third-order valence-electron chi connectivity index (χ3n) is 3.41. The van der Waals surface area contributed by atoms with Gasteiger partial charge < -0.3 is 15.2 Å². The Labute approximate surface area is 122 Å². The third-order valence-corrected chi connectivity index (χ3v) is 4.98. The third kappa shape index (κ3) is 7.03. The number of sulfone groups is 1. The standard InChI is InChI=1S/C14H26N3O2S/c1-2-3-4-5-6-7-8-9-10-11-12-20(18,19)14-15-13-16-17-14/h13H,2-12H2,1H3/q-1. The Kier molecular flexibility index (Phi) is 8.49. The second kappa shape index (κ2) is 9.91. The van der Waals surface area contributed by atoms with Crippen LogP contribution in [0.25, 0.3) is 0 Å². The van der Waals surface area contributed by atoms with E-state index >= 15 is 0 Å². The zero-order chi connectivity index (χ0) is 14.7. The fourth-order valence-electron chi connectivity index (χ4n) is 2.19. The Morgan fingerprint density at radius 3 is 2.00 bits per heavy atom. The Morgan fingerprint density at radius 2 is 1.50 bits per heavy atom. The highest BCUT2D eigenvalue weighted by Crippen LogP contribution is 2.12. The minimum atomic E-state index is -3.31. The molecule has 0 atom stereocenters. The lowest BCUT2D eigenvalue weighted by Crippen LogP contribution is -2.09. The van der Waals surface area contributed by atoms with Gasteiger partial charge in [0.1, 0.15) is 5.16 Å². The molecule has 0 fully saturated rings. The van der Waals surface area contributed by atoms with Gasteiger partial charge in [-0.1, -0.05) is 64.7 Å². The zero-order valence-corrected chi connectivity index (χ0v) is 13.2. The molecule has 1 rings (SSSR count). The van der Waals surface area contributed by atoms with Crippen LogP contribution in [0, 0.1) is 0 Å². The molecule has 0 aliphatic rings. The normalized spacial score (nSPS) is 11.8. The first kappa shape index (κ1) is 17.1. The van der Waals surface area contributed by atoms with E-state index in [1.165, 1.54) is 51.3 Å². The Hall–Kier alpha value is -0.910. The van der Waals surface area contributed by atoms with Crippen LogP contribution in [-0.2, 0) is 9.84 Å². The number of rotatable bonds is 12. The monoisotopic (exact) mass is 300 g/mol. The number of hydrogen-bond donors (Lipinski definition) is 0. The van der Waals surface area contributed by atoms with Gasteiger partial charge >= 0.3 is 0 Å². The first-order valence-corrected chi connectivity index (χ1v) is 9.35. The van der Waals surface area contributed by atoms with Crippen LogP contribution in [0.3, 0.4) is 0 Å². The van der Waals surface area contributed by atoms with Crippen molar-refractivity contribution in [1.29, 1.82) is 0 Å². The minimum absolute atomic E-state index is 0.131. The summed E-state index contributed by atoms with van der Waals surface area (Å²) in [4.78, 5) is 3.64. The average molecular weight is 300 g/mol. The van der Waals surface area contributed by atoms with Crippen LogP contribution in [-0.4, -0.2) is 24.4 Å². The summed E-state index contributed by atoms with van der Waals surface area (Å²) in [6.45, 7) is 2.23. The van der Waals surface area contributed by atoms with E-state index in [-0.39, 0.29) is 10.9 Å². The summed E-state index contributed by atoms with van der Waals surface area (Å²) in [7, 11) is -3.31. The van der Waals surface area contributed by atoms with Gasteiger partial charge in [-0.05, 0) is 12.7 Å². The lowest BCUT2D eigenvalue weighted by atomic mass is 10.1. The lowest BCUT2D eigenvalue weighted by Gasteiger charge is -2.04. The first-order chi connectivity index (χ1) is 9.67. The second-order valence-electron chi connectivity index (χ2n) is 5.24. The van der Waals surface area contributed by atoms with Crippen molar-refractivity contribution < 1.29 is 8.42 Å². The van der Waals surface area contributed by atoms with Crippen LogP contribution in [0.15, 0.2) is 11.5 Å². The molecule has 0 saturated carbocycles. The first-order valence-electron chi connectivity index (χ1n) is 7.70. The van der Waals surface area contributed by atoms with Crippen LogP contribution >= 0.6 is 0 Å². The highest BCUT2D eigenvalue weighted by molar-refractivity contribution is 7.91. The Bertz CT molecular complexity index is 429. The molecule has 1 heterocycles. The minimum Gasteiger partial charge on any atom is -0.356 e. The van der Waals surface area contributed by atoms with Crippen molar-refractivity contribution in [2.45, 2.75) is 76.3 Å². The molecule has 5 nitrogen and oxygen atoms in total. The topological polar surface area (TPSA) is 74.0 Å². The van der Waals surface area contributed by atoms with Gasteiger partial charge in [0.05, 0.1) is 5.75 Å². The van der Waals surface area contributed by atoms with E-state index < -0.39 is 9.84 Å². The summed E-state index contributed by atoms with van der Waals surface area (Å²) in [6, 6.07) is 0. The molecular weight excluding hydrogens is 274 g/mol. The number of nitrogens with zero attached hydrogens (tertiary/aromatic N) is 3. The largest absolute Gasteiger partial charge is 0.356 e. The molecule has 1 aromatic rings. The van der Waals surface area contributed by atoms with Gasteiger partial charge in [-0.3, -0.25) is 0 Å². The molecule has 0 unspecified atom stereocenters. The molecule has 0 bridgehead atoms. The van der Waals surface area contributed by atoms with Crippen LogP contribution in [0.2, 0.25) is 0 Å². The maximum absolute atomic E-state index is 11.8. The van der Waals surface area contributed by atoms with Crippen LogP contribution in [0.4, 0.5) is 0 Å². The summed E-state index contributed by atoms with van der Waals surface area (Å²) in [5.41, 5.74) is 0. The summed E-state index contributed by atoms with van der Waals surface area (Å²) in [6.07, 6.45) is 13.0. The van der Waals surface area contributed by atoms with E-state index in [1.54, 1.807) is 0 Å². The van der Waals surface area contributed by atoms with E-state index in [4.69, 9.17) is 0 Å². The van der Waals surface area contributed by atoms with Crippen molar-refractivity contribution in [2.24, 2.45) is 0 Å². The fourth-order valence-corrected chi connectivity index (χ4v) is 3.34. The van der Waals surface area contributed by atoms with E-state index in [9.17, 15) is 8.42 Å². The number of hydrogen-bond acceptors (Lipinski definition) is 4. The van der Waals surface area contributed by atoms with Gasteiger partial charge in [-0.15, -0.1) is 0 Å². The lowest BCUT2D eigenvalue weighted by molar-refractivity contribution is 0.556. The van der Waals surface area contributed by atoms with Crippen molar-refractivity contribution in [3.63, 3.8) is 0 Å². The average Bonchev–Trinajstić information content (AvgIpc) is 2.96. The second-order valence-corrected chi connectivity index (χ2v) is 7.25. The van der Waals surface area contributed by atoms with Crippen molar-refractivity contribution in [3.05, 3.63) is 6.33 Å². The van der Waals surface area contributed by atoms with E-state index in [0.29, 0.717) is 6.42 Å². The fraction of sp³-hybridized carbons (Fsp3) is 0.857. The SMILES string of the molecule is CCCCCCCCCCCCS(=O)(=O)c1nnc[n-]1. The van der Waals surface area contributed by atoms with Crippen LogP contribution in [0.5, 0.6) is 0 Å². The molecule has 0 aliphatic carbocycles. The summed E-state index contributed by atoms with van der Waals surface area (Å²) >= 11 is 0. The quantitative estimate of drug-likeness (QED) is 0.554. The predicted octanol–water partition coefficient (Wildman–Crippen LogP) is 3.13. The number of unbranched alkanes of at least 4 members (excludes halogenated alkanes) is 9. The molecule has 0 spiro atoms. The smallest absolute Gasteiger partial charge is 0.183 e. The molecule has 6 heteroatoms. The molecule has 0 amide bonds. The molecular formula is C14H26N3O2S-. The van der Waals surface area contributed by atoms with E-state index in [1.807, 2.05) is 0 Å². The van der Waals surface area contributed by atoms with E-state index in [2.05, 4.69) is 22.1 Å². The van der Waals surface area contributed by atoms with Crippen LogP contribution in [0.1, 0.15) is 71.1 Å². The van der Waals surface area contributed by atoms with Gasteiger partial charge in [-0.2, -0.15) is 0 Å². The molecule has 0 radical (unpaired) electrons. The molecule has 20 heavy (non-hydrogen) atoms. The van der Waals surface area contributed by atoms with Crippen molar-refractivity contribution in [1.82, 2.24) is 15.2 Å². The summed E-state index contributed by atoms with van der Waals surface area (Å²) in [5.74, 6) is 0.134. The van der Waals surface area contributed by atoms with Gasteiger partial charge in [0.15, 0.2) is 9.84 Å². The maximum Gasteiger partial charge on any atom is 0.183 e. The summed E-state index contributed by atoms with van der Waals surface area (Å²) < 4.78 is 23.5. The maximum atomic E-state index is 11.8. The van der Waals surface area contributed by atoms with Gasteiger partial charge in [0, 0.05) is 0 Å². The molecule has 0 aromatic carbocycles. The van der Waals surface area contributed by atoms with E-state index in [0.717, 1.165) is 12.8 Å². The number of aromatic nitrogens is 3. The van der Waals surface area contributed by atoms with Gasteiger partial charge in [-0.25, -0.2) is 8.42 Å². The van der Waals surface area contributed by atoms with Crippen molar-refractivity contribution in [2.75, 3.05) is 5.75 Å². The Balaban J connectivity index is 1.97. The molecule has 1 aromatic heterocycles. The van der Waals surface area contributed by atoms with Gasteiger partial charge in [0.25, 0.3) is 0 Å².